The molecule has 0 amide bonds. The summed E-state index contributed by atoms with van der Waals surface area (Å²) in [6, 6.07) is 0. The molecule has 0 spiro atoms. The predicted molar refractivity (Wildman–Crippen MR) is 71.4 cm³/mol. The summed E-state index contributed by atoms with van der Waals surface area (Å²) in [5, 5.41) is 0. The van der Waals surface area contributed by atoms with Gasteiger partial charge in [0, 0.05) is 6.61 Å². The van der Waals surface area contributed by atoms with Crippen molar-refractivity contribution in [1.82, 2.24) is 0 Å². The third-order valence-corrected chi connectivity index (χ3v) is 2.13. The van der Waals surface area contributed by atoms with E-state index >= 15 is 0 Å². The average Bonchev–Trinajstić information content (AvgIpc) is 2.25. The number of unbranched alkanes of at least 4 members (excludes halogenated alkanes) is 3. The molecule has 0 aliphatic heterocycles. The Morgan fingerprint density at radius 3 is 2.44 bits per heavy atom. The van der Waals surface area contributed by atoms with Crippen LogP contribution in [0.25, 0.3) is 0 Å². The lowest BCUT2D eigenvalue weighted by Crippen LogP contribution is -2.00. The molecule has 0 aromatic heterocycles. The summed E-state index contributed by atoms with van der Waals surface area (Å²) in [6.07, 6.45) is 8.54. The Labute approximate surface area is 99.9 Å². The molecule has 0 bridgehead atoms. The Morgan fingerprint density at radius 1 is 1.12 bits per heavy atom. The second-order valence-electron chi connectivity index (χ2n) is 4.09. The fraction of sp³-hybridized carbons (Fsp3) is 0.571. The van der Waals surface area contributed by atoms with Crippen molar-refractivity contribution in [3.05, 3.63) is 36.5 Å². The number of ether oxygens (including phenoxy) is 1. The molecule has 0 rings (SSSR count). The highest BCUT2D eigenvalue weighted by molar-refractivity contribution is 5.23. The Balaban J connectivity index is 3.31. The second-order valence-corrected chi connectivity index (χ2v) is 4.09. The standard InChI is InChI=1S/C14H25NO/c1-13(2)8-9-14(3)12-16-11-7-5-4-6-10-15/h8-9H,1,3-7,10-12,15H2,2H3/b9-8-. The number of allylic oxidation sites excluding steroid dienone is 2. The van der Waals surface area contributed by atoms with Crippen LogP contribution in [0.3, 0.4) is 0 Å². The molecule has 0 saturated carbocycles. The van der Waals surface area contributed by atoms with Crippen molar-refractivity contribution >= 4 is 0 Å². The monoisotopic (exact) mass is 223 g/mol. The maximum atomic E-state index is 5.50. The molecule has 0 atom stereocenters. The van der Waals surface area contributed by atoms with Crippen molar-refractivity contribution in [3.63, 3.8) is 0 Å². The molecule has 0 aliphatic carbocycles. The topological polar surface area (TPSA) is 35.2 Å². The van der Waals surface area contributed by atoms with Gasteiger partial charge in [-0.05, 0) is 31.9 Å². The largest absolute Gasteiger partial charge is 0.377 e. The first-order valence-corrected chi connectivity index (χ1v) is 5.96. The molecule has 16 heavy (non-hydrogen) atoms. The minimum Gasteiger partial charge on any atom is -0.377 e. The zero-order valence-electron chi connectivity index (χ0n) is 10.5. The summed E-state index contributed by atoms with van der Waals surface area (Å²) in [4.78, 5) is 0. The van der Waals surface area contributed by atoms with Gasteiger partial charge in [0.2, 0.25) is 0 Å². The second kappa shape index (κ2) is 10.7. The number of nitrogens with two attached hydrogens (primary N) is 1. The molecular weight excluding hydrogens is 198 g/mol. The molecule has 0 radical (unpaired) electrons. The lowest BCUT2D eigenvalue weighted by atomic mass is 10.2. The molecule has 2 heteroatoms. The van der Waals surface area contributed by atoms with Crippen LogP contribution in [0.2, 0.25) is 0 Å². The number of hydrogen-bond donors (Lipinski definition) is 1. The maximum Gasteiger partial charge on any atom is 0.0711 e. The first-order valence-electron chi connectivity index (χ1n) is 5.96. The van der Waals surface area contributed by atoms with Gasteiger partial charge in [-0.3, -0.25) is 0 Å². The lowest BCUT2D eigenvalue weighted by molar-refractivity contribution is 0.153. The zero-order chi connectivity index (χ0) is 12.2. The Bertz CT molecular complexity index is 231. The molecule has 0 saturated heterocycles. The van der Waals surface area contributed by atoms with Crippen LogP contribution in [-0.2, 0) is 4.74 Å². The zero-order valence-corrected chi connectivity index (χ0v) is 10.5. The third kappa shape index (κ3) is 11.2. The molecule has 0 heterocycles. The van der Waals surface area contributed by atoms with Crippen LogP contribution in [-0.4, -0.2) is 19.8 Å². The molecule has 2 N–H and O–H groups in total. The van der Waals surface area contributed by atoms with Gasteiger partial charge in [-0.1, -0.05) is 43.7 Å². The van der Waals surface area contributed by atoms with E-state index in [4.69, 9.17) is 10.5 Å². The highest BCUT2D eigenvalue weighted by atomic mass is 16.5. The van der Waals surface area contributed by atoms with Gasteiger partial charge in [0.25, 0.3) is 0 Å². The van der Waals surface area contributed by atoms with E-state index in [1.165, 1.54) is 12.8 Å². The summed E-state index contributed by atoms with van der Waals surface area (Å²) >= 11 is 0. The van der Waals surface area contributed by atoms with E-state index in [0.29, 0.717) is 6.61 Å². The van der Waals surface area contributed by atoms with Crippen LogP contribution in [0.15, 0.2) is 36.5 Å². The molecular formula is C14H25NO. The molecule has 0 fully saturated rings. The predicted octanol–water partition coefficient (Wildman–Crippen LogP) is 3.21. The quantitative estimate of drug-likeness (QED) is 0.456. The van der Waals surface area contributed by atoms with Gasteiger partial charge in [0.15, 0.2) is 0 Å². The molecule has 2 nitrogen and oxygen atoms in total. The SMILES string of the molecule is C=C(C)/C=C\C(=C)COCCCCCCN. The average molecular weight is 223 g/mol. The Kier molecular flexibility index (Phi) is 10.1. The van der Waals surface area contributed by atoms with Gasteiger partial charge in [0.1, 0.15) is 0 Å². The summed E-state index contributed by atoms with van der Waals surface area (Å²) in [6.45, 7) is 11.9. The van der Waals surface area contributed by atoms with Crippen molar-refractivity contribution in [1.29, 1.82) is 0 Å². The Morgan fingerprint density at radius 2 is 1.81 bits per heavy atom. The normalized spacial score (nSPS) is 10.9. The molecule has 0 unspecified atom stereocenters. The first-order chi connectivity index (χ1) is 7.66. The van der Waals surface area contributed by atoms with E-state index in [2.05, 4.69) is 13.2 Å². The lowest BCUT2D eigenvalue weighted by Gasteiger charge is -2.04. The van der Waals surface area contributed by atoms with E-state index in [9.17, 15) is 0 Å². The number of hydrogen-bond acceptors (Lipinski definition) is 2. The van der Waals surface area contributed by atoms with Crippen LogP contribution < -0.4 is 5.73 Å². The highest BCUT2D eigenvalue weighted by Gasteiger charge is 1.92. The van der Waals surface area contributed by atoms with E-state index < -0.39 is 0 Å². The summed E-state index contributed by atoms with van der Waals surface area (Å²) < 4.78 is 5.50. The molecule has 0 aromatic rings. The van der Waals surface area contributed by atoms with E-state index in [0.717, 1.165) is 37.1 Å². The molecule has 0 aliphatic rings. The summed E-state index contributed by atoms with van der Waals surface area (Å²) in [5.41, 5.74) is 7.43. The van der Waals surface area contributed by atoms with Gasteiger partial charge < -0.3 is 10.5 Å². The summed E-state index contributed by atoms with van der Waals surface area (Å²) in [7, 11) is 0. The third-order valence-electron chi connectivity index (χ3n) is 2.13. The van der Waals surface area contributed by atoms with E-state index in [-0.39, 0.29) is 0 Å². The van der Waals surface area contributed by atoms with Crippen molar-refractivity contribution in [2.24, 2.45) is 5.73 Å². The van der Waals surface area contributed by atoms with E-state index in [1.807, 2.05) is 19.1 Å². The van der Waals surface area contributed by atoms with Crippen LogP contribution in [0.5, 0.6) is 0 Å². The number of rotatable bonds is 10. The van der Waals surface area contributed by atoms with Crippen molar-refractivity contribution in [3.8, 4) is 0 Å². The summed E-state index contributed by atoms with van der Waals surface area (Å²) in [5.74, 6) is 0. The Hall–Kier alpha value is -0.860. The highest BCUT2D eigenvalue weighted by Crippen LogP contribution is 2.01. The van der Waals surface area contributed by atoms with Crippen LogP contribution in [0, 0.1) is 0 Å². The van der Waals surface area contributed by atoms with E-state index in [1.54, 1.807) is 0 Å². The minimum absolute atomic E-state index is 0.612. The molecule has 0 aromatic carbocycles. The molecule has 92 valence electrons. The van der Waals surface area contributed by atoms with Crippen molar-refractivity contribution < 1.29 is 4.74 Å². The van der Waals surface area contributed by atoms with Gasteiger partial charge in [-0.15, -0.1) is 0 Å². The van der Waals surface area contributed by atoms with Gasteiger partial charge in [-0.2, -0.15) is 0 Å². The van der Waals surface area contributed by atoms with Crippen LogP contribution >= 0.6 is 0 Å². The maximum absolute atomic E-state index is 5.50. The first kappa shape index (κ1) is 15.1. The van der Waals surface area contributed by atoms with Crippen molar-refractivity contribution in [2.75, 3.05) is 19.8 Å². The van der Waals surface area contributed by atoms with Crippen molar-refractivity contribution in [2.45, 2.75) is 32.6 Å². The van der Waals surface area contributed by atoms with Crippen LogP contribution in [0.4, 0.5) is 0 Å². The van der Waals surface area contributed by atoms with Crippen LogP contribution in [0.1, 0.15) is 32.6 Å². The smallest absolute Gasteiger partial charge is 0.0711 e. The van der Waals surface area contributed by atoms with Gasteiger partial charge in [0.05, 0.1) is 6.61 Å². The minimum atomic E-state index is 0.612. The van der Waals surface area contributed by atoms with Gasteiger partial charge >= 0.3 is 0 Å². The van der Waals surface area contributed by atoms with Gasteiger partial charge in [-0.25, -0.2) is 0 Å². The fourth-order valence-corrected chi connectivity index (χ4v) is 1.21. The fourth-order valence-electron chi connectivity index (χ4n) is 1.21.